The normalized spacial score (nSPS) is 19.1. The molecule has 2 atom stereocenters. The van der Waals surface area contributed by atoms with Gasteiger partial charge < -0.3 is 34.3 Å². The van der Waals surface area contributed by atoms with Crippen molar-refractivity contribution in [2.24, 2.45) is 7.05 Å². The Hall–Kier alpha value is -5.06. The minimum Gasteiger partial charge on any atom is -0.493 e. The molecular formula is C35H37FN4O6. The molecule has 3 amide bonds. The van der Waals surface area contributed by atoms with Gasteiger partial charge in [-0.3, -0.25) is 14.4 Å². The van der Waals surface area contributed by atoms with Gasteiger partial charge in [0.05, 0.1) is 13.2 Å². The van der Waals surface area contributed by atoms with Crippen molar-refractivity contribution in [2.75, 3.05) is 26.8 Å². The van der Waals surface area contributed by atoms with Crippen LogP contribution in [0.15, 0.2) is 60.7 Å². The van der Waals surface area contributed by atoms with Crippen LogP contribution in [0.4, 0.5) is 4.39 Å². The predicted molar refractivity (Wildman–Crippen MR) is 170 cm³/mol. The number of likely N-dealkylation sites (tertiary alicyclic amines) is 1. The standard InChI is InChI=1S/C35H37FN4O6/c1-21-26-6-4-5-7-28(26)39(2)34(21)35(43)40-13-12-29-27(19-40)38-33(42)20-45-31-16-22(8-10-30(31)44-3)9-11-32(41)37-18-23-14-24(36)17-25(15-23)46-29/h4-8,10,14-17,27,29H,9,11-13,18-20H2,1-3H3,(H,37,41)(H,38,42)/t27-,29-/m1/s1. The minimum absolute atomic E-state index is 0.126. The van der Waals surface area contributed by atoms with Crippen molar-refractivity contribution in [2.45, 2.75) is 44.9 Å². The zero-order chi connectivity index (χ0) is 32.4. The molecule has 4 aromatic rings. The number of para-hydroxylation sites is 1. The van der Waals surface area contributed by atoms with Gasteiger partial charge in [0.2, 0.25) is 5.91 Å². The number of carbonyl (C=O) groups excluding carboxylic acids is 3. The number of carbonyl (C=O) groups is 3. The number of hydrogen-bond donors (Lipinski definition) is 2. The quantitative estimate of drug-likeness (QED) is 0.347. The van der Waals surface area contributed by atoms with Crippen molar-refractivity contribution in [3.63, 3.8) is 0 Å². The summed E-state index contributed by atoms with van der Waals surface area (Å²) in [6.07, 6.45) is 0.462. The number of hydrogen-bond acceptors (Lipinski definition) is 6. The van der Waals surface area contributed by atoms with Gasteiger partial charge in [0.15, 0.2) is 18.1 Å². The van der Waals surface area contributed by atoms with E-state index in [1.165, 1.54) is 19.2 Å². The van der Waals surface area contributed by atoms with E-state index in [9.17, 15) is 18.8 Å². The van der Waals surface area contributed by atoms with Gasteiger partial charge in [0, 0.05) is 56.5 Å². The van der Waals surface area contributed by atoms with E-state index in [4.69, 9.17) is 14.2 Å². The van der Waals surface area contributed by atoms with E-state index >= 15 is 0 Å². The largest absolute Gasteiger partial charge is 0.493 e. The third-order valence-electron chi connectivity index (χ3n) is 8.68. The molecule has 0 radical (unpaired) electrons. The Balaban J connectivity index is 1.29. The van der Waals surface area contributed by atoms with Gasteiger partial charge in [-0.15, -0.1) is 0 Å². The van der Waals surface area contributed by atoms with Crippen molar-refractivity contribution in [1.82, 2.24) is 20.1 Å². The summed E-state index contributed by atoms with van der Waals surface area (Å²) in [4.78, 5) is 41.6. The van der Waals surface area contributed by atoms with Gasteiger partial charge in [-0.2, -0.15) is 0 Å². The van der Waals surface area contributed by atoms with Gasteiger partial charge in [-0.1, -0.05) is 24.3 Å². The highest BCUT2D eigenvalue weighted by molar-refractivity contribution is 6.01. The van der Waals surface area contributed by atoms with E-state index < -0.39 is 23.9 Å². The van der Waals surface area contributed by atoms with Gasteiger partial charge >= 0.3 is 0 Å². The number of nitrogens with one attached hydrogen (secondary N) is 2. The fraction of sp³-hybridized carbons (Fsp3) is 0.343. The number of ether oxygens (including phenoxy) is 3. The molecule has 240 valence electrons. The van der Waals surface area contributed by atoms with E-state index in [0.717, 1.165) is 22.0 Å². The molecule has 3 heterocycles. The Labute approximate surface area is 266 Å². The summed E-state index contributed by atoms with van der Waals surface area (Å²) < 4.78 is 34.2. The molecule has 2 N–H and O–H groups in total. The number of aryl methyl sites for hydroxylation is 3. The van der Waals surface area contributed by atoms with Crippen molar-refractivity contribution in [1.29, 1.82) is 0 Å². The number of nitrogens with zero attached hydrogens (tertiary/aromatic N) is 2. The summed E-state index contributed by atoms with van der Waals surface area (Å²) in [7, 11) is 3.39. The summed E-state index contributed by atoms with van der Waals surface area (Å²) in [5.74, 6) is -0.154. The maximum Gasteiger partial charge on any atom is 0.270 e. The van der Waals surface area contributed by atoms with Crippen molar-refractivity contribution in [3.05, 3.63) is 88.9 Å². The van der Waals surface area contributed by atoms with Crippen LogP contribution in [-0.2, 0) is 29.6 Å². The Morgan fingerprint density at radius 3 is 2.65 bits per heavy atom. The summed E-state index contributed by atoms with van der Waals surface area (Å²) in [6.45, 7) is 2.29. The molecule has 4 bridgehead atoms. The third kappa shape index (κ3) is 6.49. The molecule has 6 rings (SSSR count). The van der Waals surface area contributed by atoms with E-state index in [1.54, 1.807) is 23.1 Å². The number of piperidine rings is 1. The molecule has 3 aromatic carbocycles. The lowest BCUT2D eigenvalue weighted by Gasteiger charge is -2.39. The zero-order valence-electron chi connectivity index (χ0n) is 26.1. The van der Waals surface area contributed by atoms with Gasteiger partial charge in [0.1, 0.15) is 23.4 Å². The molecule has 1 saturated heterocycles. The van der Waals surface area contributed by atoms with Crippen LogP contribution < -0.4 is 24.8 Å². The van der Waals surface area contributed by atoms with Crippen LogP contribution in [0.1, 0.15) is 40.0 Å². The molecule has 11 heteroatoms. The van der Waals surface area contributed by atoms with Gasteiger partial charge in [-0.25, -0.2) is 4.39 Å². The summed E-state index contributed by atoms with van der Waals surface area (Å²) in [5.41, 5.74) is 3.81. The van der Waals surface area contributed by atoms with E-state index in [0.29, 0.717) is 42.1 Å². The second-order valence-corrected chi connectivity index (χ2v) is 11.8. The van der Waals surface area contributed by atoms with E-state index in [2.05, 4.69) is 10.6 Å². The van der Waals surface area contributed by atoms with Crippen LogP contribution in [-0.4, -0.2) is 66.1 Å². The molecule has 0 saturated carbocycles. The van der Waals surface area contributed by atoms with Gasteiger partial charge in [-0.05, 0) is 60.4 Å². The summed E-state index contributed by atoms with van der Waals surface area (Å²) >= 11 is 0. The first-order valence-electron chi connectivity index (χ1n) is 15.4. The SMILES string of the molecule is COc1ccc2cc1OCC(=O)N[C@@H]1CN(C(=O)c3c(C)c4ccccc4n3C)CC[C@H]1Oc1cc(F)cc(c1)CNC(=O)CC2. The number of rotatable bonds is 2. The van der Waals surface area contributed by atoms with Crippen LogP contribution in [0.3, 0.4) is 0 Å². The predicted octanol–water partition coefficient (Wildman–Crippen LogP) is 4.05. The molecule has 0 unspecified atom stereocenters. The maximum absolute atomic E-state index is 14.7. The lowest BCUT2D eigenvalue weighted by molar-refractivity contribution is -0.125. The topological polar surface area (TPSA) is 111 Å². The van der Waals surface area contributed by atoms with Gasteiger partial charge in [0.25, 0.3) is 11.8 Å². The maximum atomic E-state index is 14.7. The molecule has 2 aliphatic heterocycles. The number of benzene rings is 3. The van der Waals surface area contributed by atoms with Crippen molar-refractivity contribution < 1.29 is 33.0 Å². The van der Waals surface area contributed by atoms with Crippen molar-refractivity contribution in [3.8, 4) is 17.2 Å². The Kier molecular flexibility index (Phi) is 8.83. The molecule has 1 fully saturated rings. The smallest absolute Gasteiger partial charge is 0.270 e. The number of methoxy groups -OCH3 is 1. The fourth-order valence-electron chi connectivity index (χ4n) is 6.32. The number of amides is 3. The van der Waals surface area contributed by atoms with Crippen LogP contribution in [0.25, 0.3) is 10.9 Å². The molecule has 1 aromatic heterocycles. The summed E-state index contributed by atoms with van der Waals surface area (Å²) in [5, 5.41) is 6.86. The Morgan fingerprint density at radius 1 is 1.02 bits per heavy atom. The van der Waals surface area contributed by atoms with Crippen LogP contribution in [0.5, 0.6) is 17.2 Å². The summed E-state index contributed by atoms with van der Waals surface area (Å²) in [6, 6.07) is 16.9. The van der Waals surface area contributed by atoms with E-state index in [-0.39, 0.29) is 43.7 Å². The Bertz CT molecular complexity index is 1760. The number of halogens is 1. The first-order chi connectivity index (χ1) is 22.2. The monoisotopic (exact) mass is 628 g/mol. The fourth-order valence-corrected chi connectivity index (χ4v) is 6.32. The zero-order valence-corrected chi connectivity index (χ0v) is 26.1. The molecular weight excluding hydrogens is 591 g/mol. The second kappa shape index (κ2) is 13.1. The molecule has 46 heavy (non-hydrogen) atoms. The molecule has 0 aliphatic carbocycles. The molecule has 0 spiro atoms. The molecule has 2 aliphatic rings. The minimum atomic E-state index is -0.623. The highest BCUT2D eigenvalue weighted by Crippen LogP contribution is 2.30. The van der Waals surface area contributed by atoms with E-state index in [1.807, 2.05) is 48.9 Å². The van der Waals surface area contributed by atoms with Crippen LogP contribution >= 0.6 is 0 Å². The van der Waals surface area contributed by atoms with Crippen molar-refractivity contribution >= 4 is 28.6 Å². The average molecular weight is 629 g/mol. The first kappa shape index (κ1) is 30.9. The first-order valence-corrected chi connectivity index (χ1v) is 15.4. The lowest BCUT2D eigenvalue weighted by atomic mass is 10.0. The second-order valence-electron chi connectivity index (χ2n) is 11.8. The number of aromatic nitrogens is 1. The third-order valence-corrected chi connectivity index (χ3v) is 8.68. The van der Waals surface area contributed by atoms with Crippen LogP contribution in [0, 0.1) is 12.7 Å². The van der Waals surface area contributed by atoms with Crippen LogP contribution in [0.2, 0.25) is 0 Å². The average Bonchev–Trinajstić information content (AvgIpc) is 3.30. The number of fused-ring (bicyclic) bond motifs is 6. The lowest BCUT2D eigenvalue weighted by Crippen LogP contribution is -2.58. The highest BCUT2D eigenvalue weighted by atomic mass is 19.1. The Morgan fingerprint density at radius 2 is 1.85 bits per heavy atom. The highest BCUT2D eigenvalue weighted by Gasteiger charge is 2.36. The molecule has 10 nitrogen and oxygen atoms in total.